The van der Waals surface area contributed by atoms with Crippen molar-refractivity contribution in [1.82, 2.24) is 0 Å². The highest BCUT2D eigenvalue weighted by atomic mass is 16.5. The van der Waals surface area contributed by atoms with E-state index in [1.165, 1.54) is 51.9 Å². The fourth-order valence-corrected chi connectivity index (χ4v) is 4.99. The van der Waals surface area contributed by atoms with E-state index in [9.17, 15) is 9.59 Å². The second-order valence-corrected chi connectivity index (χ2v) is 9.03. The second-order valence-electron chi connectivity index (χ2n) is 9.03. The van der Waals surface area contributed by atoms with Crippen LogP contribution in [-0.2, 0) is 28.7 Å². The molecule has 0 amide bonds. The number of hydrogen-bond donors (Lipinski definition) is 0. The van der Waals surface area contributed by atoms with Gasteiger partial charge in [0.15, 0.2) is 0 Å². The largest absolute Gasteiger partial charge is 0.465 e. The summed E-state index contributed by atoms with van der Waals surface area (Å²) in [5.41, 5.74) is 4.12. The van der Waals surface area contributed by atoms with Crippen molar-refractivity contribution in [3.05, 3.63) is 33.9 Å². The number of hydrogen-bond acceptors (Lipinski definition) is 4. The zero-order valence-corrected chi connectivity index (χ0v) is 20.2. The molecule has 1 aliphatic rings. The van der Waals surface area contributed by atoms with Gasteiger partial charge in [-0.05, 0) is 54.7 Å². The molecule has 4 nitrogen and oxygen atoms in total. The number of rotatable bonds is 12. The van der Waals surface area contributed by atoms with E-state index in [0.717, 1.165) is 68.9 Å². The maximum Gasteiger partial charge on any atom is 0.339 e. The molecule has 1 aromatic rings. The lowest BCUT2D eigenvalue weighted by molar-refractivity contribution is 0.0552. The van der Waals surface area contributed by atoms with Crippen molar-refractivity contribution in [1.29, 1.82) is 0 Å². The molecular formula is C27H42O4. The normalized spacial score (nSPS) is 14.5. The summed E-state index contributed by atoms with van der Waals surface area (Å²) >= 11 is 0. The maximum atomic E-state index is 13.0. The van der Waals surface area contributed by atoms with Crippen LogP contribution in [0, 0.1) is 5.92 Å². The molecule has 0 saturated heterocycles. The Morgan fingerprint density at radius 3 is 1.97 bits per heavy atom. The molecule has 31 heavy (non-hydrogen) atoms. The molecular weight excluding hydrogens is 388 g/mol. The van der Waals surface area contributed by atoms with Crippen LogP contribution in [0.2, 0.25) is 0 Å². The molecule has 0 heterocycles. The Kier molecular flexibility index (Phi) is 11.1. The minimum absolute atomic E-state index is 0.408. The number of methoxy groups -OCH3 is 2. The Morgan fingerprint density at radius 1 is 0.806 bits per heavy atom. The Labute approximate surface area is 189 Å². The third-order valence-electron chi connectivity index (χ3n) is 6.70. The molecule has 0 spiro atoms. The quantitative estimate of drug-likeness (QED) is 0.269. The smallest absolute Gasteiger partial charge is 0.339 e. The fraction of sp³-hybridized carbons (Fsp3) is 0.704. The Hall–Kier alpha value is -1.84. The Morgan fingerprint density at radius 2 is 1.39 bits per heavy atom. The van der Waals surface area contributed by atoms with E-state index in [2.05, 4.69) is 19.9 Å². The summed E-state index contributed by atoms with van der Waals surface area (Å²) in [5, 5.41) is 0. The number of carbonyl (C=O) groups excluding carboxylic acids is 2. The second kappa shape index (κ2) is 13.5. The number of aryl methyl sites for hydroxylation is 1. The van der Waals surface area contributed by atoms with Crippen molar-refractivity contribution in [2.24, 2.45) is 5.92 Å². The highest BCUT2D eigenvalue weighted by Crippen LogP contribution is 2.33. The van der Waals surface area contributed by atoms with Crippen molar-refractivity contribution < 1.29 is 19.1 Å². The number of carbonyl (C=O) groups is 2. The summed E-state index contributed by atoms with van der Waals surface area (Å²) in [6.45, 7) is 4.35. The summed E-state index contributed by atoms with van der Waals surface area (Å²) < 4.78 is 10.3. The number of unbranched alkanes of at least 4 members (excludes halogenated alkanes) is 4. The molecule has 4 heteroatoms. The number of ether oxygens (including phenoxy) is 2. The van der Waals surface area contributed by atoms with E-state index in [4.69, 9.17) is 9.47 Å². The van der Waals surface area contributed by atoms with E-state index >= 15 is 0 Å². The average Bonchev–Trinajstić information content (AvgIpc) is 2.79. The topological polar surface area (TPSA) is 52.6 Å². The Bertz CT molecular complexity index is 716. The predicted octanol–water partition coefficient (Wildman–Crippen LogP) is 6.85. The van der Waals surface area contributed by atoms with Crippen molar-refractivity contribution in [3.8, 4) is 0 Å². The van der Waals surface area contributed by atoms with Gasteiger partial charge in [-0.1, -0.05) is 77.7 Å². The third kappa shape index (κ3) is 7.08. The van der Waals surface area contributed by atoms with Crippen LogP contribution in [0.3, 0.4) is 0 Å². The van der Waals surface area contributed by atoms with Gasteiger partial charge in [0, 0.05) is 0 Å². The van der Waals surface area contributed by atoms with Gasteiger partial charge in [0.2, 0.25) is 0 Å². The maximum absolute atomic E-state index is 13.0. The van der Waals surface area contributed by atoms with Gasteiger partial charge in [0.25, 0.3) is 0 Å². The van der Waals surface area contributed by atoms with Crippen LogP contribution >= 0.6 is 0 Å². The van der Waals surface area contributed by atoms with Crippen LogP contribution in [-0.4, -0.2) is 26.2 Å². The lowest BCUT2D eigenvalue weighted by Gasteiger charge is -2.25. The van der Waals surface area contributed by atoms with Gasteiger partial charge in [-0.25, -0.2) is 9.59 Å². The molecule has 2 rings (SSSR count). The SMILES string of the molecule is CCCCCc1cc(CC2CCCCC2)c(CCCCC)c(C(=O)OC)c1C(=O)OC. The third-order valence-corrected chi connectivity index (χ3v) is 6.70. The van der Waals surface area contributed by atoms with Crippen molar-refractivity contribution in [2.45, 2.75) is 104 Å². The summed E-state index contributed by atoms with van der Waals surface area (Å²) in [6, 6.07) is 2.23. The highest BCUT2D eigenvalue weighted by molar-refractivity contribution is 6.05. The van der Waals surface area contributed by atoms with Crippen molar-refractivity contribution >= 4 is 11.9 Å². The van der Waals surface area contributed by atoms with E-state index in [0.29, 0.717) is 17.0 Å². The predicted molar refractivity (Wildman–Crippen MR) is 126 cm³/mol. The molecule has 0 N–H and O–H groups in total. The molecule has 1 fully saturated rings. The number of benzene rings is 1. The molecule has 1 aromatic carbocycles. The summed E-state index contributed by atoms with van der Waals surface area (Å²) in [7, 11) is 2.80. The first-order chi connectivity index (χ1) is 15.1. The van der Waals surface area contributed by atoms with Crippen molar-refractivity contribution in [3.63, 3.8) is 0 Å². The summed E-state index contributed by atoms with van der Waals surface area (Å²) in [5.74, 6) is -0.168. The lowest BCUT2D eigenvalue weighted by Crippen LogP contribution is -2.21. The van der Waals surface area contributed by atoms with Gasteiger partial charge in [-0.15, -0.1) is 0 Å². The van der Waals surface area contributed by atoms with E-state index in [1.54, 1.807) is 0 Å². The van der Waals surface area contributed by atoms with E-state index in [1.807, 2.05) is 0 Å². The molecule has 0 aliphatic heterocycles. The lowest BCUT2D eigenvalue weighted by atomic mass is 9.80. The minimum Gasteiger partial charge on any atom is -0.465 e. The molecule has 1 saturated carbocycles. The first-order valence-electron chi connectivity index (χ1n) is 12.4. The van der Waals surface area contributed by atoms with Crippen molar-refractivity contribution in [2.75, 3.05) is 14.2 Å². The molecule has 174 valence electrons. The van der Waals surface area contributed by atoms with E-state index < -0.39 is 11.9 Å². The standard InChI is InChI=1S/C27H42O4/c1-5-7-10-16-21-19-22(18-20-14-12-9-13-15-20)23(17-11-8-6-2)25(27(29)31-4)24(21)26(28)30-3/h19-20H,5-18H2,1-4H3. The minimum atomic E-state index is -0.423. The molecule has 0 atom stereocenters. The van der Waals surface area contributed by atoms with Crippen LogP contribution < -0.4 is 0 Å². The first-order valence-corrected chi connectivity index (χ1v) is 12.4. The Balaban J connectivity index is 2.60. The van der Waals surface area contributed by atoms with Gasteiger partial charge in [-0.2, -0.15) is 0 Å². The van der Waals surface area contributed by atoms with Gasteiger partial charge >= 0.3 is 11.9 Å². The van der Waals surface area contributed by atoms with Crippen LogP contribution in [0.15, 0.2) is 6.07 Å². The zero-order valence-electron chi connectivity index (χ0n) is 20.2. The monoisotopic (exact) mass is 430 g/mol. The fourth-order valence-electron chi connectivity index (χ4n) is 4.99. The van der Waals surface area contributed by atoms with Crippen LogP contribution in [0.5, 0.6) is 0 Å². The molecule has 1 aliphatic carbocycles. The van der Waals surface area contributed by atoms with Crippen LogP contribution in [0.4, 0.5) is 0 Å². The van der Waals surface area contributed by atoms with Gasteiger partial charge in [0.1, 0.15) is 0 Å². The average molecular weight is 431 g/mol. The first kappa shape index (κ1) is 25.4. The van der Waals surface area contributed by atoms with Gasteiger partial charge in [0.05, 0.1) is 25.3 Å². The molecule has 0 aromatic heterocycles. The van der Waals surface area contributed by atoms with Gasteiger partial charge < -0.3 is 9.47 Å². The van der Waals surface area contributed by atoms with E-state index in [-0.39, 0.29) is 0 Å². The van der Waals surface area contributed by atoms with Crippen LogP contribution in [0.1, 0.15) is 122 Å². The highest BCUT2D eigenvalue weighted by Gasteiger charge is 2.29. The molecule has 0 bridgehead atoms. The van der Waals surface area contributed by atoms with Gasteiger partial charge in [-0.3, -0.25) is 0 Å². The summed E-state index contributed by atoms with van der Waals surface area (Å²) in [6.07, 6.45) is 15.5. The molecule has 0 unspecified atom stereocenters. The summed E-state index contributed by atoms with van der Waals surface area (Å²) in [4.78, 5) is 25.9. The molecule has 0 radical (unpaired) electrons. The van der Waals surface area contributed by atoms with Crippen LogP contribution in [0.25, 0.3) is 0 Å². The zero-order chi connectivity index (χ0) is 22.6. The number of esters is 2.